The van der Waals surface area contributed by atoms with Gasteiger partial charge in [-0.2, -0.15) is 4.57 Å². The van der Waals surface area contributed by atoms with E-state index in [1.807, 2.05) is 34.7 Å². The Morgan fingerprint density at radius 3 is 2.84 bits per heavy atom. The van der Waals surface area contributed by atoms with Gasteiger partial charge < -0.3 is 19.4 Å². The maximum absolute atomic E-state index is 12.5. The largest absolute Gasteiger partial charge is 0.497 e. The number of aromatic nitrogens is 2. The number of H-pyrrole nitrogens is 1. The summed E-state index contributed by atoms with van der Waals surface area (Å²) in [6.07, 6.45) is 1.99. The molecule has 130 valence electrons. The van der Waals surface area contributed by atoms with Gasteiger partial charge in [-0.05, 0) is 12.1 Å². The quantitative estimate of drug-likeness (QED) is 0.740. The van der Waals surface area contributed by atoms with E-state index in [-0.39, 0.29) is 5.91 Å². The molecule has 0 unspecified atom stereocenters. The van der Waals surface area contributed by atoms with Crippen molar-refractivity contribution in [3.63, 3.8) is 0 Å². The minimum Gasteiger partial charge on any atom is -0.497 e. The lowest BCUT2D eigenvalue weighted by Gasteiger charge is -2.25. The number of carbonyl (C=O) groups excluding carboxylic acids is 1. The number of fused-ring (bicyclic) bond motifs is 3. The number of nitrogens with one attached hydrogen (secondary N) is 1. The first-order valence-corrected chi connectivity index (χ1v) is 8.51. The van der Waals surface area contributed by atoms with Crippen LogP contribution in [0.2, 0.25) is 0 Å². The molecular weight excluding hydrogens is 318 g/mol. The smallest absolute Gasteiger partial charge is 0.288 e. The number of aryl methyl sites for hydroxylation is 1. The maximum atomic E-state index is 12.5. The number of morpholine rings is 1. The first-order valence-electron chi connectivity index (χ1n) is 8.51. The molecule has 0 aliphatic carbocycles. The van der Waals surface area contributed by atoms with Crippen LogP contribution in [0.5, 0.6) is 5.75 Å². The number of pyridine rings is 1. The third-order valence-corrected chi connectivity index (χ3v) is 4.93. The van der Waals surface area contributed by atoms with Gasteiger partial charge in [0.15, 0.2) is 6.20 Å². The summed E-state index contributed by atoms with van der Waals surface area (Å²) in [4.78, 5) is 17.9. The number of hydrogen-bond acceptors (Lipinski definition) is 3. The summed E-state index contributed by atoms with van der Waals surface area (Å²) < 4.78 is 12.6. The van der Waals surface area contributed by atoms with Gasteiger partial charge in [-0.3, -0.25) is 4.79 Å². The molecule has 2 aromatic heterocycles. The molecule has 6 heteroatoms. The van der Waals surface area contributed by atoms with Crippen LogP contribution in [0.15, 0.2) is 30.5 Å². The van der Waals surface area contributed by atoms with Crippen molar-refractivity contribution in [3.05, 3.63) is 36.2 Å². The fraction of sp³-hybridized carbons (Fsp3) is 0.368. The third-order valence-electron chi connectivity index (χ3n) is 4.93. The van der Waals surface area contributed by atoms with Crippen molar-refractivity contribution in [1.29, 1.82) is 0 Å². The molecule has 1 aliphatic heterocycles. The van der Waals surface area contributed by atoms with E-state index in [4.69, 9.17) is 9.47 Å². The van der Waals surface area contributed by atoms with Crippen molar-refractivity contribution < 1.29 is 18.8 Å². The summed E-state index contributed by atoms with van der Waals surface area (Å²) in [5.41, 5.74) is 3.14. The van der Waals surface area contributed by atoms with E-state index in [9.17, 15) is 4.79 Å². The summed E-state index contributed by atoms with van der Waals surface area (Å²) in [6.45, 7) is 4.98. The van der Waals surface area contributed by atoms with Crippen molar-refractivity contribution in [1.82, 2.24) is 9.88 Å². The van der Waals surface area contributed by atoms with Crippen LogP contribution >= 0.6 is 0 Å². The maximum Gasteiger partial charge on any atom is 0.288 e. The monoisotopic (exact) mass is 340 g/mol. The van der Waals surface area contributed by atoms with Crippen LogP contribution in [0.25, 0.3) is 21.8 Å². The molecular formula is C19H22N3O3+. The Balaban J connectivity index is 1.69. The highest BCUT2D eigenvalue weighted by Crippen LogP contribution is 2.28. The minimum absolute atomic E-state index is 0.133. The topological polar surface area (TPSA) is 58.4 Å². The van der Waals surface area contributed by atoms with Crippen LogP contribution < -0.4 is 9.30 Å². The van der Waals surface area contributed by atoms with Gasteiger partial charge in [-0.25, -0.2) is 0 Å². The lowest BCUT2D eigenvalue weighted by atomic mass is 10.1. The average molecular weight is 340 g/mol. The van der Waals surface area contributed by atoms with Crippen LogP contribution in [-0.2, 0) is 16.1 Å². The van der Waals surface area contributed by atoms with Gasteiger partial charge >= 0.3 is 0 Å². The molecule has 0 spiro atoms. The van der Waals surface area contributed by atoms with E-state index in [0.717, 1.165) is 33.2 Å². The van der Waals surface area contributed by atoms with Crippen molar-refractivity contribution in [2.24, 2.45) is 0 Å². The first kappa shape index (κ1) is 15.9. The Morgan fingerprint density at radius 2 is 2.08 bits per heavy atom. The van der Waals surface area contributed by atoms with Gasteiger partial charge in [0.1, 0.15) is 11.3 Å². The number of amides is 1. The van der Waals surface area contributed by atoms with E-state index in [0.29, 0.717) is 32.8 Å². The third kappa shape index (κ3) is 2.82. The number of aromatic amines is 1. The van der Waals surface area contributed by atoms with Gasteiger partial charge in [0.25, 0.3) is 5.91 Å². The first-order chi connectivity index (χ1) is 12.2. The van der Waals surface area contributed by atoms with Gasteiger partial charge in [0, 0.05) is 42.9 Å². The SMILES string of the molecule is COc1ccc2c(c1)[nH]c1c(C)[n+](CC(=O)N3CCOCC3)ccc12. The summed E-state index contributed by atoms with van der Waals surface area (Å²) >= 11 is 0. The van der Waals surface area contributed by atoms with E-state index in [2.05, 4.69) is 17.1 Å². The zero-order chi connectivity index (χ0) is 17.4. The molecule has 6 nitrogen and oxygen atoms in total. The fourth-order valence-corrected chi connectivity index (χ4v) is 3.43. The Labute approximate surface area is 145 Å². The summed E-state index contributed by atoms with van der Waals surface area (Å²) in [7, 11) is 1.67. The highest BCUT2D eigenvalue weighted by Gasteiger charge is 2.23. The van der Waals surface area contributed by atoms with Crippen LogP contribution in [0.1, 0.15) is 5.69 Å². The Bertz CT molecular complexity index is 942. The normalized spacial score (nSPS) is 15.0. The number of methoxy groups -OCH3 is 1. The molecule has 0 radical (unpaired) electrons. The van der Waals surface area contributed by atoms with E-state index < -0.39 is 0 Å². The zero-order valence-electron chi connectivity index (χ0n) is 14.5. The van der Waals surface area contributed by atoms with Crippen LogP contribution in [0.4, 0.5) is 0 Å². The molecule has 0 bridgehead atoms. The standard InChI is InChI=1S/C19H21N3O3/c1-13-19-16(15-4-3-14(24-2)11-17(15)20-19)5-6-22(13)12-18(23)21-7-9-25-10-8-21/h3-6,11H,7-10,12H2,1-2H3/p+1. The van der Waals surface area contributed by atoms with Crippen molar-refractivity contribution in [2.75, 3.05) is 33.4 Å². The summed E-state index contributed by atoms with van der Waals surface area (Å²) in [5.74, 6) is 0.959. The van der Waals surface area contributed by atoms with Gasteiger partial charge in [-0.15, -0.1) is 0 Å². The Hall–Kier alpha value is -2.60. The number of carbonyl (C=O) groups is 1. The van der Waals surface area contributed by atoms with Crippen LogP contribution in [-0.4, -0.2) is 49.2 Å². The van der Waals surface area contributed by atoms with Gasteiger partial charge in [0.2, 0.25) is 12.2 Å². The Kier molecular flexibility index (Phi) is 4.05. The number of ether oxygens (including phenoxy) is 2. The number of nitrogens with zero attached hydrogens (tertiary/aromatic N) is 2. The predicted molar refractivity (Wildman–Crippen MR) is 94.7 cm³/mol. The molecule has 0 atom stereocenters. The average Bonchev–Trinajstić information content (AvgIpc) is 3.03. The van der Waals surface area contributed by atoms with E-state index in [1.54, 1.807) is 7.11 Å². The summed E-state index contributed by atoms with van der Waals surface area (Å²) in [5, 5.41) is 2.32. The highest BCUT2D eigenvalue weighted by molar-refractivity contribution is 6.07. The minimum atomic E-state index is 0.133. The lowest BCUT2D eigenvalue weighted by molar-refractivity contribution is -0.689. The second-order valence-corrected chi connectivity index (χ2v) is 6.35. The molecule has 4 rings (SSSR count). The molecule has 25 heavy (non-hydrogen) atoms. The number of rotatable bonds is 3. The van der Waals surface area contributed by atoms with E-state index in [1.165, 1.54) is 0 Å². The van der Waals surface area contributed by atoms with Gasteiger partial charge in [0.05, 0.1) is 25.8 Å². The molecule has 1 amide bonds. The molecule has 1 aromatic carbocycles. The number of hydrogen-bond donors (Lipinski definition) is 1. The molecule has 0 saturated carbocycles. The second-order valence-electron chi connectivity index (χ2n) is 6.35. The summed E-state index contributed by atoms with van der Waals surface area (Å²) in [6, 6.07) is 8.10. The molecule has 1 saturated heterocycles. The highest BCUT2D eigenvalue weighted by atomic mass is 16.5. The molecule has 1 aliphatic rings. The fourth-order valence-electron chi connectivity index (χ4n) is 3.43. The number of benzene rings is 1. The Morgan fingerprint density at radius 1 is 1.28 bits per heavy atom. The van der Waals surface area contributed by atoms with E-state index >= 15 is 0 Å². The lowest BCUT2D eigenvalue weighted by Crippen LogP contribution is -2.49. The molecule has 1 fully saturated rings. The molecule has 1 N–H and O–H groups in total. The van der Waals surface area contributed by atoms with Crippen molar-refractivity contribution >= 4 is 27.7 Å². The second kappa shape index (κ2) is 6.37. The van der Waals surface area contributed by atoms with Gasteiger partial charge in [-0.1, -0.05) is 0 Å². The van der Waals surface area contributed by atoms with Crippen LogP contribution in [0, 0.1) is 6.92 Å². The van der Waals surface area contributed by atoms with Crippen molar-refractivity contribution in [2.45, 2.75) is 13.5 Å². The van der Waals surface area contributed by atoms with Crippen molar-refractivity contribution in [3.8, 4) is 5.75 Å². The molecule has 3 aromatic rings. The predicted octanol–water partition coefficient (Wildman–Crippen LogP) is 1.78. The van der Waals surface area contributed by atoms with Crippen LogP contribution in [0.3, 0.4) is 0 Å². The zero-order valence-corrected chi connectivity index (χ0v) is 14.5. The molecule has 3 heterocycles.